The summed E-state index contributed by atoms with van der Waals surface area (Å²) in [4.78, 5) is 30.1. The number of carbonyl (C=O) groups is 2. The van der Waals surface area contributed by atoms with Crippen molar-refractivity contribution in [1.82, 2.24) is 4.98 Å². The highest BCUT2D eigenvalue weighted by Crippen LogP contribution is 2.32. The molecule has 6 nitrogen and oxygen atoms in total. The van der Waals surface area contributed by atoms with Crippen LogP contribution in [0.1, 0.15) is 25.7 Å². The average molecular weight is 409 g/mol. The van der Waals surface area contributed by atoms with Crippen LogP contribution in [0.5, 0.6) is 0 Å². The van der Waals surface area contributed by atoms with E-state index in [1.807, 2.05) is 23.6 Å². The van der Waals surface area contributed by atoms with Crippen LogP contribution in [0.2, 0.25) is 5.02 Å². The van der Waals surface area contributed by atoms with Gasteiger partial charge in [0.2, 0.25) is 5.91 Å². The van der Waals surface area contributed by atoms with Gasteiger partial charge in [0.05, 0.1) is 24.1 Å². The molecule has 2 heterocycles. The first-order chi connectivity index (χ1) is 13.0. The third-order valence-electron chi connectivity index (χ3n) is 4.60. The molecular weight excluding hydrogens is 388 g/mol. The molecule has 1 aromatic heterocycles. The standard InChI is InChI=1S/C19H21ClN2O4S/c1-22(18(25)12(10-17(23)24)9-13-5-4-8-26-13)19-21-16(11-27-19)14-6-2-3-7-15(14)20/h2-3,6-7,11-13H,4-5,8-10H2,1H3,(H,23,24)/t12-,13-/m1/s1. The Kier molecular flexibility index (Phi) is 6.46. The molecular formula is C19H21ClN2O4S. The van der Waals surface area contributed by atoms with Crippen LogP contribution in [0, 0.1) is 5.92 Å². The average Bonchev–Trinajstić information content (AvgIpc) is 3.32. The summed E-state index contributed by atoms with van der Waals surface area (Å²) in [5, 5.41) is 12.1. The van der Waals surface area contributed by atoms with Crippen molar-refractivity contribution in [3.05, 3.63) is 34.7 Å². The van der Waals surface area contributed by atoms with Crippen LogP contribution >= 0.6 is 22.9 Å². The van der Waals surface area contributed by atoms with Gasteiger partial charge in [-0.2, -0.15) is 0 Å². The quantitative estimate of drug-likeness (QED) is 0.746. The van der Waals surface area contributed by atoms with Crippen molar-refractivity contribution >= 4 is 39.9 Å². The van der Waals surface area contributed by atoms with Gasteiger partial charge in [-0.05, 0) is 25.3 Å². The van der Waals surface area contributed by atoms with E-state index >= 15 is 0 Å². The Hall–Kier alpha value is -1.96. The summed E-state index contributed by atoms with van der Waals surface area (Å²) in [5.74, 6) is -1.88. The highest BCUT2D eigenvalue weighted by Gasteiger charge is 2.31. The van der Waals surface area contributed by atoms with E-state index in [2.05, 4.69) is 4.98 Å². The molecule has 8 heteroatoms. The van der Waals surface area contributed by atoms with Crippen LogP contribution in [-0.2, 0) is 14.3 Å². The maximum Gasteiger partial charge on any atom is 0.304 e. The molecule has 1 fully saturated rings. The summed E-state index contributed by atoms with van der Waals surface area (Å²) in [6.45, 7) is 0.669. The summed E-state index contributed by atoms with van der Waals surface area (Å²) in [6.07, 6.45) is 1.95. The number of halogens is 1. The highest BCUT2D eigenvalue weighted by atomic mass is 35.5. The van der Waals surface area contributed by atoms with Crippen LogP contribution in [-0.4, -0.2) is 41.7 Å². The van der Waals surface area contributed by atoms with Crippen LogP contribution < -0.4 is 4.90 Å². The van der Waals surface area contributed by atoms with Crippen molar-refractivity contribution in [2.45, 2.75) is 31.8 Å². The van der Waals surface area contributed by atoms with Gasteiger partial charge in [0, 0.05) is 29.6 Å². The molecule has 2 atom stereocenters. The molecule has 0 aliphatic carbocycles. The number of carboxylic acids is 1. The number of benzene rings is 1. The summed E-state index contributed by atoms with van der Waals surface area (Å²) in [6, 6.07) is 7.37. The van der Waals surface area contributed by atoms with Crippen molar-refractivity contribution in [2.75, 3.05) is 18.6 Å². The van der Waals surface area contributed by atoms with Crippen LogP contribution in [0.3, 0.4) is 0 Å². The molecule has 0 radical (unpaired) electrons. The van der Waals surface area contributed by atoms with Gasteiger partial charge < -0.3 is 9.84 Å². The van der Waals surface area contributed by atoms with Gasteiger partial charge in [-0.1, -0.05) is 29.8 Å². The van der Waals surface area contributed by atoms with E-state index in [-0.39, 0.29) is 18.4 Å². The van der Waals surface area contributed by atoms with Crippen molar-refractivity contribution in [1.29, 1.82) is 0 Å². The minimum absolute atomic E-state index is 0.0540. The molecule has 1 N–H and O–H groups in total. The molecule has 0 unspecified atom stereocenters. The monoisotopic (exact) mass is 408 g/mol. The third-order valence-corrected chi connectivity index (χ3v) is 5.85. The van der Waals surface area contributed by atoms with Crippen molar-refractivity contribution in [3.63, 3.8) is 0 Å². The highest BCUT2D eigenvalue weighted by molar-refractivity contribution is 7.14. The molecule has 1 aliphatic heterocycles. The van der Waals surface area contributed by atoms with Crippen LogP contribution in [0.4, 0.5) is 5.13 Å². The topological polar surface area (TPSA) is 79.7 Å². The number of anilines is 1. The van der Waals surface area contributed by atoms with Crippen LogP contribution in [0.25, 0.3) is 11.3 Å². The Morgan fingerprint density at radius 1 is 1.44 bits per heavy atom. The predicted molar refractivity (Wildman–Crippen MR) is 105 cm³/mol. The van der Waals surface area contributed by atoms with Crippen molar-refractivity contribution in [3.8, 4) is 11.3 Å². The molecule has 2 aromatic rings. The minimum atomic E-state index is -0.990. The second kappa shape index (κ2) is 8.82. The van der Waals surface area contributed by atoms with Gasteiger partial charge in [0.1, 0.15) is 0 Å². The zero-order valence-electron chi connectivity index (χ0n) is 14.9. The van der Waals surface area contributed by atoms with Gasteiger partial charge in [0.25, 0.3) is 0 Å². The number of aliphatic carboxylic acids is 1. The summed E-state index contributed by atoms with van der Waals surface area (Å²) in [7, 11) is 1.63. The lowest BCUT2D eigenvalue weighted by atomic mass is 9.95. The Morgan fingerprint density at radius 3 is 2.89 bits per heavy atom. The molecule has 27 heavy (non-hydrogen) atoms. The smallest absolute Gasteiger partial charge is 0.304 e. The molecule has 1 aromatic carbocycles. The van der Waals surface area contributed by atoms with E-state index in [1.165, 1.54) is 16.2 Å². The SMILES string of the molecule is CN(C(=O)[C@@H](CC(=O)O)C[C@H]1CCCO1)c1nc(-c2ccccc2Cl)cs1. The number of carboxylic acid groups (broad SMARTS) is 1. The second-order valence-electron chi connectivity index (χ2n) is 6.56. The number of nitrogens with zero attached hydrogens (tertiary/aromatic N) is 2. The first-order valence-electron chi connectivity index (χ1n) is 8.77. The predicted octanol–water partition coefficient (Wildman–Crippen LogP) is 4.09. The van der Waals surface area contributed by atoms with Crippen molar-refractivity contribution in [2.24, 2.45) is 5.92 Å². The lowest BCUT2D eigenvalue weighted by Crippen LogP contribution is -2.35. The molecule has 1 amide bonds. The minimum Gasteiger partial charge on any atom is -0.481 e. The molecule has 144 valence electrons. The first-order valence-corrected chi connectivity index (χ1v) is 10.0. The Balaban J connectivity index is 1.76. The number of hydrogen-bond donors (Lipinski definition) is 1. The van der Waals surface area contributed by atoms with Gasteiger partial charge in [0.15, 0.2) is 5.13 Å². The largest absolute Gasteiger partial charge is 0.481 e. The van der Waals surface area contributed by atoms with E-state index < -0.39 is 11.9 Å². The fourth-order valence-corrected chi connectivity index (χ4v) is 4.24. The summed E-state index contributed by atoms with van der Waals surface area (Å²) >= 11 is 7.54. The van der Waals surface area contributed by atoms with Gasteiger partial charge in [-0.3, -0.25) is 14.5 Å². The van der Waals surface area contributed by atoms with Gasteiger partial charge >= 0.3 is 5.97 Å². The number of aromatic nitrogens is 1. The fraction of sp³-hybridized carbons (Fsp3) is 0.421. The summed E-state index contributed by atoms with van der Waals surface area (Å²) < 4.78 is 5.58. The number of thiazole rings is 1. The zero-order chi connectivity index (χ0) is 19.4. The Bertz CT molecular complexity index is 820. The van der Waals surface area contributed by atoms with E-state index in [4.69, 9.17) is 16.3 Å². The first kappa shape index (κ1) is 19.8. The molecule has 0 saturated carbocycles. The number of ether oxygens (including phenoxy) is 1. The normalized spacial score (nSPS) is 17.6. The van der Waals surface area contributed by atoms with Gasteiger partial charge in [-0.15, -0.1) is 11.3 Å². The Morgan fingerprint density at radius 2 is 2.22 bits per heavy atom. The maximum absolute atomic E-state index is 12.9. The Labute approximate surface area is 166 Å². The number of carbonyl (C=O) groups excluding carboxylic acids is 1. The lowest BCUT2D eigenvalue weighted by molar-refractivity contribution is -0.141. The molecule has 1 aliphatic rings. The molecule has 1 saturated heterocycles. The second-order valence-corrected chi connectivity index (χ2v) is 7.80. The molecule has 0 spiro atoms. The number of rotatable bonds is 7. The number of amides is 1. The zero-order valence-corrected chi connectivity index (χ0v) is 16.5. The number of hydrogen-bond acceptors (Lipinski definition) is 5. The van der Waals surface area contributed by atoms with Crippen LogP contribution in [0.15, 0.2) is 29.6 Å². The van der Waals surface area contributed by atoms with E-state index in [9.17, 15) is 14.7 Å². The summed E-state index contributed by atoms with van der Waals surface area (Å²) in [5.41, 5.74) is 1.48. The van der Waals surface area contributed by atoms with Gasteiger partial charge in [-0.25, -0.2) is 4.98 Å². The molecule has 3 rings (SSSR count). The van der Waals surface area contributed by atoms with Crippen molar-refractivity contribution < 1.29 is 19.4 Å². The van der Waals surface area contributed by atoms with E-state index in [0.717, 1.165) is 18.4 Å². The van der Waals surface area contributed by atoms with E-state index in [1.54, 1.807) is 13.1 Å². The fourth-order valence-electron chi connectivity index (χ4n) is 3.21. The molecule has 0 bridgehead atoms. The third kappa shape index (κ3) is 4.86. The lowest BCUT2D eigenvalue weighted by Gasteiger charge is -2.23. The maximum atomic E-state index is 12.9. The van der Waals surface area contributed by atoms with E-state index in [0.29, 0.717) is 28.9 Å².